The number of nitrogens with zero attached hydrogens (tertiary/aromatic N) is 4. The van der Waals surface area contributed by atoms with E-state index in [4.69, 9.17) is 19.8 Å². The standard InChI is InChI=1S/C8H11BrN2.C8H12N2.2C2H4O2.Br2.Na/c1-8(2,3)7-10-4-6(9)5-11-7;1-8(2,3)7-9-5-4-6-10-7;2*1-2(3)4;1-2;/h4-5H,1-3H3;4-6H,1-3H3;2*1H3,(H,3,4);;/q;;;;;+1/p-1. The van der Waals surface area contributed by atoms with Gasteiger partial charge in [-0.15, -0.1) is 0 Å². The Morgan fingerprint density at radius 1 is 0.844 bits per heavy atom. The molecule has 2 aromatic rings. The molecule has 2 rings (SSSR count). The molecule has 0 bridgehead atoms. The molecule has 8 nitrogen and oxygen atoms in total. The van der Waals surface area contributed by atoms with Gasteiger partial charge in [0.1, 0.15) is 11.6 Å². The SMILES string of the molecule is BrBr.CC(=O)O.CC(=O)[O-].CC(C)(C)c1ncc(Br)cn1.CC(C)(C)c1ncccn1.[Na+]. The molecule has 2 heterocycles. The van der Waals surface area contributed by atoms with Gasteiger partial charge in [0, 0.05) is 76.8 Å². The van der Waals surface area contributed by atoms with Gasteiger partial charge in [-0.1, -0.05) is 41.5 Å². The fourth-order valence-corrected chi connectivity index (χ4v) is 1.59. The third-order valence-corrected chi connectivity index (χ3v) is 2.94. The van der Waals surface area contributed by atoms with Gasteiger partial charge >= 0.3 is 29.6 Å². The largest absolute Gasteiger partial charge is 1.00 e. The van der Waals surface area contributed by atoms with Crippen molar-refractivity contribution in [2.75, 3.05) is 0 Å². The van der Waals surface area contributed by atoms with Crippen LogP contribution < -0.4 is 34.7 Å². The zero-order valence-corrected chi connectivity index (χ0v) is 26.7. The predicted molar refractivity (Wildman–Crippen MR) is 131 cm³/mol. The number of carboxylic acids is 2. The number of rotatable bonds is 0. The van der Waals surface area contributed by atoms with Crippen LogP contribution in [0.1, 0.15) is 67.0 Å². The Bertz CT molecular complexity index is 719. The van der Waals surface area contributed by atoms with Gasteiger partial charge < -0.3 is 15.0 Å². The second-order valence-corrected chi connectivity index (χ2v) is 8.72. The topological polar surface area (TPSA) is 129 Å². The van der Waals surface area contributed by atoms with Crippen LogP contribution in [-0.2, 0) is 20.4 Å². The minimum Gasteiger partial charge on any atom is -0.550 e. The number of halogens is 3. The molecule has 0 aliphatic rings. The molecule has 0 saturated heterocycles. The molecule has 0 aliphatic heterocycles. The second kappa shape index (κ2) is 21.1. The maximum Gasteiger partial charge on any atom is 1.00 e. The Kier molecular flexibility index (Phi) is 25.6. The molecule has 0 spiro atoms. The molecule has 176 valence electrons. The quantitative estimate of drug-likeness (QED) is 0.427. The van der Waals surface area contributed by atoms with E-state index in [2.05, 4.69) is 106 Å². The molecule has 0 amide bonds. The maximum atomic E-state index is 9.00. The first-order chi connectivity index (χ1) is 14.1. The normalized spacial score (nSPS) is 9.34. The number of aromatic nitrogens is 4. The van der Waals surface area contributed by atoms with Crippen molar-refractivity contribution in [1.29, 1.82) is 0 Å². The van der Waals surface area contributed by atoms with E-state index in [1.807, 2.05) is 6.07 Å². The summed E-state index contributed by atoms with van der Waals surface area (Å²) in [6.07, 6.45) is 7.09. The molecular formula is C20H30Br3N4NaO4. The Balaban J connectivity index is -0.000000172. The Morgan fingerprint density at radius 2 is 1.09 bits per heavy atom. The van der Waals surface area contributed by atoms with Crippen LogP contribution in [-0.4, -0.2) is 37.0 Å². The van der Waals surface area contributed by atoms with Gasteiger partial charge in [-0.25, -0.2) is 19.9 Å². The molecular weight excluding hydrogens is 623 g/mol. The number of carbonyl (C=O) groups excluding carboxylic acids is 1. The first-order valence-corrected chi connectivity index (χ1v) is 13.3. The second-order valence-electron chi connectivity index (χ2n) is 7.81. The van der Waals surface area contributed by atoms with Crippen LogP contribution in [0.15, 0.2) is 35.3 Å². The van der Waals surface area contributed by atoms with Gasteiger partial charge in [-0.05, 0) is 28.9 Å². The van der Waals surface area contributed by atoms with Crippen molar-refractivity contribution in [3.8, 4) is 0 Å². The molecule has 0 aromatic carbocycles. The summed E-state index contributed by atoms with van der Waals surface area (Å²) in [4.78, 5) is 34.5. The van der Waals surface area contributed by atoms with E-state index < -0.39 is 11.9 Å². The smallest absolute Gasteiger partial charge is 0.550 e. The van der Waals surface area contributed by atoms with Crippen LogP contribution >= 0.6 is 44.2 Å². The minimum absolute atomic E-state index is 0. The van der Waals surface area contributed by atoms with Crippen molar-refractivity contribution >= 4 is 56.1 Å². The molecule has 2 aromatic heterocycles. The van der Waals surface area contributed by atoms with Crippen LogP contribution in [0.4, 0.5) is 0 Å². The van der Waals surface area contributed by atoms with Crippen LogP contribution in [0.25, 0.3) is 0 Å². The van der Waals surface area contributed by atoms with E-state index in [-0.39, 0.29) is 40.4 Å². The molecule has 0 aliphatic carbocycles. The van der Waals surface area contributed by atoms with E-state index in [0.29, 0.717) is 0 Å². The predicted octanol–water partition coefficient (Wildman–Crippen LogP) is 1.85. The number of hydrogen-bond donors (Lipinski definition) is 1. The van der Waals surface area contributed by atoms with Crippen molar-refractivity contribution in [1.82, 2.24) is 19.9 Å². The first kappa shape index (κ1) is 38.8. The van der Waals surface area contributed by atoms with Crippen LogP contribution in [0, 0.1) is 0 Å². The average Bonchev–Trinajstić information content (AvgIpc) is 2.63. The molecule has 32 heavy (non-hydrogen) atoms. The van der Waals surface area contributed by atoms with Crippen molar-refractivity contribution in [2.45, 2.75) is 66.2 Å². The summed E-state index contributed by atoms with van der Waals surface area (Å²) in [5, 5.41) is 16.3. The molecule has 1 N–H and O–H groups in total. The zero-order valence-electron chi connectivity index (χ0n) is 20.0. The zero-order chi connectivity index (χ0) is 25.3. The van der Waals surface area contributed by atoms with Gasteiger partial charge in [0.25, 0.3) is 5.97 Å². The summed E-state index contributed by atoms with van der Waals surface area (Å²) in [6.45, 7) is 14.6. The summed E-state index contributed by atoms with van der Waals surface area (Å²) >= 11 is 8.79. The van der Waals surface area contributed by atoms with Crippen molar-refractivity contribution in [2.24, 2.45) is 0 Å². The summed E-state index contributed by atoms with van der Waals surface area (Å²) in [5.41, 5.74) is 0.113. The fourth-order valence-electron chi connectivity index (χ4n) is 1.39. The summed E-state index contributed by atoms with van der Waals surface area (Å²) < 4.78 is 0.922. The number of carbonyl (C=O) groups is 2. The van der Waals surface area contributed by atoms with Gasteiger partial charge in [-0.2, -0.15) is 0 Å². The van der Waals surface area contributed by atoms with Gasteiger partial charge in [0.2, 0.25) is 0 Å². The molecule has 12 heteroatoms. The van der Waals surface area contributed by atoms with Crippen molar-refractivity contribution in [3.63, 3.8) is 0 Å². The average molecular weight is 653 g/mol. The van der Waals surface area contributed by atoms with Crippen LogP contribution in [0.5, 0.6) is 0 Å². The van der Waals surface area contributed by atoms with E-state index in [0.717, 1.165) is 30.0 Å². The maximum absolute atomic E-state index is 9.00. The Hall–Kier alpha value is -0.460. The summed E-state index contributed by atoms with van der Waals surface area (Å²) in [5.74, 6) is -0.143. The van der Waals surface area contributed by atoms with Gasteiger partial charge in [-0.3, -0.25) is 4.79 Å². The number of hydrogen-bond acceptors (Lipinski definition) is 7. The molecule has 0 radical (unpaired) electrons. The monoisotopic (exact) mass is 650 g/mol. The van der Waals surface area contributed by atoms with E-state index >= 15 is 0 Å². The van der Waals surface area contributed by atoms with Gasteiger partial charge in [0.15, 0.2) is 0 Å². The summed E-state index contributed by atoms with van der Waals surface area (Å²) in [7, 11) is 0. The number of aliphatic carboxylic acids is 2. The van der Waals surface area contributed by atoms with Crippen LogP contribution in [0.2, 0.25) is 0 Å². The molecule has 0 saturated carbocycles. The van der Waals surface area contributed by atoms with E-state index in [1.165, 1.54) is 0 Å². The third-order valence-electron chi connectivity index (χ3n) is 2.53. The van der Waals surface area contributed by atoms with E-state index in [1.54, 1.807) is 24.8 Å². The number of carboxylic acid groups (broad SMARTS) is 2. The molecule has 0 fully saturated rings. The van der Waals surface area contributed by atoms with Gasteiger partial charge in [0.05, 0.1) is 4.47 Å². The fraction of sp³-hybridized carbons (Fsp3) is 0.500. The molecule has 0 atom stereocenters. The first-order valence-electron chi connectivity index (χ1n) is 8.84. The van der Waals surface area contributed by atoms with Crippen molar-refractivity contribution in [3.05, 3.63) is 47.0 Å². The summed E-state index contributed by atoms with van der Waals surface area (Å²) in [6, 6.07) is 1.83. The Morgan fingerprint density at radius 3 is 1.31 bits per heavy atom. The molecule has 0 unspecified atom stereocenters. The third kappa shape index (κ3) is 27.6. The minimum atomic E-state index is -1.08. The van der Waals surface area contributed by atoms with Crippen LogP contribution in [0.3, 0.4) is 0 Å². The Labute approximate surface area is 236 Å². The van der Waals surface area contributed by atoms with Crippen molar-refractivity contribution < 1.29 is 49.4 Å². The van der Waals surface area contributed by atoms with E-state index in [9.17, 15) is 0 Å².